The van der Waals surface area contributed by atoms with E-state index in [1.54, 1.807) is 54.6 Å². The van der Waals surface area contributed by atoms with Crippen molar-refractivity contribution in [1.82, 2.24) is 0 Å². The van der Waals surface area contributed by atoms with Crippen LogP contribution in [-0.4, -0.2) is 72.1 Å². The van der Waals surface area contributed by atoms with Gasteiger partial charge in [0.05, 0.1) is 48.7 Å². The highest BCUT2D eigenvalue weighted by molar-refractivity contribution is 6.03. The van der Waals surface area contributed by atoms with Crippen LogP contribution in [0, 0.1) is 23.7 Å². The summed E-state index contributed by atoms with van der Waals surface area (Å²) in [7, 11) is 0. The lowest BCUT2D eigenvalue weighted by molar-refractivity contribution is -0.176. The third-order valence-electron chi connectivity index (χ3n) is 9.22. The largest absolute Gasteiger partial charge is 0.494 e. The second-order valence-corrected chi connectivity index (χ2v) is 13.4. The molecule has 0 aromatic heterocycles. The summed E-state index contributed by atoms with van der Waals surface area (Å²) in [6.07, 6.45) is 8.76. The Kier molecular flexibility index (Phi) is 16.3. The number of anilines is 2. The maximum atomic E-state index is 12.9. The van der Waals surface area contributed by atoms with Crippen LogP contribution in [0.2, 0.25) is 0 Å². The molecule has 4 rings (SSSR count). The van der Waals surface area contributed by atoms with Crippen molar-refractivity contribution in [2.45, 2.75) is 51.9 Å². The molecule has 0 heterocycles. The summed E-state index contributed by atoms with van der Waals surface area (Å²) in [5.41, 5.74) is 7.10. The van der Waals surface area contributed by atoms with E-state index in [-0.39, 0.29) is 36.4 Å². The van der Waals surface area contributed by atoms with Gasteiger partial charge in [0.2, 0.25) is 5.91 Å². The highest BCUT2D eigenvalue weighted by Gasteiger charge is 2.61. The predicted octanol–water partition coefficient (Wildman–Crippen LogP) is 5.82. The monoisotopic (exact) mass is 786 g/mol. The van der Waals surface area contributed by atoms with Crippen molar-refractivity contribution in [2.24, 2.45) is 23.7 Å². The zero-order valence-electron chi connectivity index (χ0n) is 31.4. The number of hydrogen-bond donors (Lipinski definition) is 4. The number of carbonyl (C=O) groups excluding carboxylic acids is 5. The third-order valence-corrected chi connectivity index (χ3v) is 9.22. The smallest absolute Gasteiger partial charge is 0.343 e. The minimum absolute atomic E-state index is 0.00879. The normalized spacial score (nSPS) is 17.1. The van der Waals surface area contributed by atoms with Gasteiger partial charge >= 0.3 is 29.8 Å². The molecule has 3 aromatic carbocycles. The average Bonchev–Trinajstić information content (AvgIpc) is 3.16. The number of aliphatic carboxylic acids is 2. The van der Waals surface area contributed by atoms with Crippen LogP contribution >= 0.6 is 0 Å². The van der Waals surface area contributed by atoms with Crippen LogP contribution < -0.4 is 20.5 Å². The molecule has 0 radical (unpaired) electrons. The van der Waals surface area contributed by atoms with Gasteiger partial charge in [-0.3, -0.25) is 14.4 Å². The predicted molar refractivity (Wildman–Crippen MR) is 206 cm³/mol. The van der Waals surface area contributed by atoms with Crippen LogP contribution in [0.3, 0.4) is 0 Å². The zero-order chi connectivity index (χ0) is 41.3. The van der Waals surface area contributed by atoms with Crippen LogP contribution in [-0.2, 0) is 33.4 Å². The summed E-state index contributed by atoms with van der Waals surface area (Å²) >= 11 is 0. The number of carboxylic acid groups (broad SMARTS) is 2. The lowest BCUT2D eigenvalue weighted by atomic mass is 9.56. The number of nitrogens with one attached hydrogen (secondary N) is 1. The maximum absolute atomic E-state index is 12.9. The van der Waals surface area contributed by atoms with Gasteiger partial charge in [0.25, 0.3) is 0 Å². The molecule has 3 aromatic rings. The highest BCUT2D eigenvalue weighted by Crippen LogP contribution is 2.46. The number of benzene rings is 3. The summed E-state index contributed by atoms with van der Waals surface area (Å²) in [6.45, 7) is 3.02. The molecule has 1 aliphatic rings. The van der Waals surface area contributed by atoms with E-state index in [2.05, 4.69) is 12.2 Å². The molecule has 15 heteroatoms. The van der Waals surface area contributed by atoms with Crippen molar-refractivity contribution in [3.05, 3.63) is 89.5 Å². The fourth-order valence-electron chi connectivity index (χ4n) is 6.21. The Bertz CT molecular complexity index is 1900. The lowest BCUT2D eigenvalue weighted by Crippen LogP contribution is -2.59. The van der Waals surface area contributed by atoms with E-state index in [1.807, 2.05) is 0 Å². The Morgan fingerprint density at radius 3 is 1.93 bits per heavy atom. The van der Waals surface area contributed by atoms with Gasteiger partial charge in [0, 0.05) is 23.4 Å². The van der Waals surface area contributed by atoms with E-state index in [4.69, 9.17) is 24.7 Å². The molecule has 2 atom stereocenters. The maximum Gasteiger partial charge on any atom is 0.343 e. The fraction of sp³-hybridized carbons (Fsp3) is 0.357. The molecular weight excluding hydrogens is 740 g/mol. The minimum Gasteiger partial charge on any atom is -0.494 e. The van der Waals surface area contributed by atoms with Crippen molar-refractivity contribution in [3.8, 4) is 11.5 Å². The number of unbranched alkanes of at least 4 members (excludes halogenated alkanes) is 5. The van der Waals surface area contributed by atoms with Crippen molar-refractivity contribution < 1.29 is 62.7 Å². The standard InChI is InChI=1S/C42H46N2O13/c1-2-3-6-19-54-31-16-12-27(13-17-31)42(53)57-32-14-9-26(10-15-32)11-18-34(46)55-20-7-4-5-8-21-56-41(52)28-22-29(43)24-30(23-28)44-38(47)37-35(39(48)49)33(25-45)36(37)40(50)51/h9-18,22-25,33,35-37H,2-8,19-21,43H2,1H3,(H,44,47)(H,48,49)(H,50,51). The molecule has 5 N–H and O–H groups in total. The quantitative estimate of drug-likeness (QED) is 0.0235. The first kappa shape index (κ1) is 43.2. The van der Waals surface area contributed by atoms with Gasteiger partial charge in [-0.1, -0.05) is 31.9 Å². The van der Waals surface area contributed by atoms with Gasteiger partial charge in [-0.2, -0.15) is 0 Å². The summed E-state index contributed by atoms with van der Waals surface area (Å²) in [5, 5.41) is 21.3. The molecule has 15 nitrogen and oxygen atoms in total. The van der Waals surface area contributed by atoms with Crippen molar-refractivity contribution in [3.63, 3.8) is 0 Å². The Morgan fingerprint density at radius 1 is 0.702 bits per heavy atom. The summed E-state index contributed by atoms with van der Waals surface area (Å²) in [4.78, 5) is 84.8. The van der Waals surface area contributed by atoms with Crippen LogP contribution in [0.15, 0.2) is 72.8 Å². The molecule has 0 saturated heterocycles. The van der Waals surface area contributed by atoms with Crippen LogP contribution in [0.25, 0.3) is 6.08 Å². The molecule has 0 aliphatic heterocycles. The number of rotatable bonds is 22. The number of carbonyl (C=O) groups is 7. The number of carboxylic acids is 2. The number of esters is 3. The first-order valence-corrected chi connectivity index (χ1v) is 18.6. The van der Waals surface area contributed by atoms with Crippen molar-refractivity contribution in [1.29, 1.82) is 0 Å². The van der Waals surface area contributed by atoms with Crippen molar-refractivity contribution >= 4 is 59.5 Å². The Balaban J connectivity index is 1.10. The van der Waals surface area contributed by atoms with Crippen LogP contribution in [0.5, 0.6) is 11.5 Å². The molecule has 57 heavy (non-hydrogen) atoms. The highest BCUT2D eigenvalue weighted by atomic mass is 16.5. The molecular formula is C42H46N2O13. The van der Waals surface area contributed by atoms with E-state index in [0.29, 0.717) is 54.9 Å². The number of amides is 1. The van der Waals surface area contributed by atoms with E-state index < -0.39 is 59.4 Å². The number of ether oxygens (including phenoxy) is 4. The van der Waals surface area contributed by atoms with E-state index >= 15 is 0 Å². The van der Waals surface area contributed by atoms with E-state index in [0.717, 1.165) is 19.3 Å². The Morgan fingerprint density at radius 2 is 1.32 bits per heavy atom. The van der Waals surface area contributed by atoms with E-state index in [9.17, 15) is 43.8 Å². The first-order chi connectivity index (χ1) is 27.4. The number of nitrogen functional groups attached to an aromatic ring is 1. The van der Waals surface area contributed by atoms with Crippen LogP contribution in [0.4, 0.5) is 11.4 Å². The molecule has 0 spiro atoms. The first-order valence-electron chi connectivity index (χ1n) is 18.6. The lowest BCUT2D eigenvalue weighted by Gasteiger charge is -2.43. The number of aldehydes is 1. The average molecular weight is 787 g/mol. The molecule has 302 valence electrons. The number of hydrogen-bond acceptors (Lipinski definition) is 12. The third kappa shape index (κ3) is 12.8. The SMILES string of the molecule is CCCCCOc1ccc(C(=O)Oc2ccc(C=CC(=O)OCCCCCCOC(=O)c3cc(N)cc(NC(=O)C4C(C(=O)O)C(C=O)C4C(=O)O)c3)cc2)cc1. The van der Waals surface area contributed by atoms with Crippen LogP contribution in [0.1, 0.15) is 78.1 Å². The minimum atomic E-state index is -1.51. The summed E-state index contributed by atoms with van der Waals surface area (Å²) in [5.74, 6) is -10.5. The zero-order valence-corrected chi connectivity index (χ0v) is 31.4. The molecule has 2 unspecified atom stereocenters. The molecule has 0 bridgehead atoms. The van der Waals surface area contributed by atoms with Crippen molar-refractivity contribution in [2.75, 3.05) is 30.9 Å². The second kappa shape index (κ2) is 21.5. The second-order valence-electron chi connectivity index (χ2n) is 13.4. The molecule has 1 aliphatic carbocycles. The Labute approximate surface area is 329 Å². The number of nitrogens with two attached hydrogens (primary N) is 1. The van der Waals surface area contributed by atoms with Gasteiger partial charge in [-0.15, -0.1) is 0 Å². The van der Waals surface area contributed by atoms with E-state index in [1.165, 1.54) is 24.3 Å². The summed E-state index contributed by atoms with van der Waals surface area (Å²) in [6, 6.07) is 17.3. The van der Waals surface area contributed by atoms with Gasteiger partial charge in [0.15, 0.2) is 0 Å². The molecule has 1 saturated carbocycles. The van der Waals surface area contributed by atoms with Gasteiger partial charge < -0.3 is 45.0 Å². The fourth-order valence-corrected chi connectivity index (χ4v) is 6.21. The van der Waals surface area contributed by atoms with Gasteiger partial charge in [-0.05, 0) is 98.3 Å². The topological polar surface area (TPSA) is 235 Å². The van der Waals surface area contributed by atoms with Gasteiger partial charge in [-0.25, -0.2) is 14.4 Å². The summed E-state index contributed by atoms with van der Waals surface area (Å²) < 4.78 is 21.7. The van der Waals surface area contributed by atoms with Gasteiger partial charge in [0.1, 0.15) is 17.8 Å². The molecule has 1 amide bonds. The molecule has 1 fully saturated rings. The Hall–Kier alpha value is -6.51.